The molecule has 140 valence electrons. The molecule has 2 N–H and O–H groups in total. The minimum absolute atomic E-state index is 0. The van der Waals surface area contributed by atoms with Gasteiger partial charge < -0.3 is 24.9 Å². The Balaban J connectivity index is 0.00000338. The predicted octanol–water partition coefficient (Wildman–Crippen LogP) is -1.15. The fourth-order valence-electron chi connectivity index (χ4n) is 3.63. The average Bonchev–Trinajstić information content (AvgIpc) is 3.06. The summed E-state index contributed by atoms with van der Waals surface area (Å²) in [6.07, 6.45) is 12.9. The summed E-state index contributed by atoms with van der Waals surface area (Å²) in [5, 5.41) is 30.7. The quantitative estimate of drug-likeness (QED) is 0.303. The summed E-state index contributed by atoms with van der Waals surface area (Å²) in [4.78, 5) is 10.4. The van der Waals surface area contributed by atoms with Gasteiger partial charge in [0.25, 0.3) is 0 Å². The number of carbonyl (C=O) groups excluding carboxylic acids is 1. The molecule has 6 heteroatoms. The van der Waals surface area contributed by atoms with Crippen molar-refractivity contribution >= 4 is 5.97 Å². The number of carbonyl (C=O) groups is 1. The summed E-state index contributed by atoms with van der Waals surface area (Å²) in [6.45, 7) is 2.05. The minimum atomic E-state index is -1.02. The van der Waals surface area contributed by atoms with Gasteiger partial charge in [0, 0.05) is 30.6 Å². The van der Waals surface area contributed by atoms with Crippen LogP contribution in [0.1, 0.15) is 51.9 Å². The number of hydrogen-bond acceptors (Lipinski definition) is 5. The molecule has 2 rings (SSSR count). The second-order valence-electron chi connectivity index (χ2n) is 6.91. The van der Waals surface area contributed by atoms with Crippen molar-refractivity contribution in [3.63, 3.8) is 0 Å². The SMILES string of the molecule is CC/C=C\C[C@H](O)/C=C/[C@@H]1[C@H]2C/C(=C\CCCC(=O)[O-])O[C@H]2C[C@H]1O.[Na+]. The van der Waals surface area contributed by atoms with Crippen molar-refractivity contribution in [2.45, 2.75) is 70.2 Å². The molecule has 5 nitrogen and oxygen atoms in total. The van der Waals surface area contributed by atoms with Crippen LogP contribution in [0.25, 0.3) is 0 Å². The van der Waals surface area contributed by atoms with Crippen LogP contribution in [-0.4, -0.2) is 34.5 Å². The maximum Gasteiger partial charge on any atom is 1.00 e. The van der Waals surface area contributed by atoms with Crippen molar-refractivity contribution < 1.29 is 54.4 Å². The van der Waals surface area contributed by atoms with Crippen LogP contribution in [0.5, 0.6) is 0 Å². The Morgan fingerprint density at radius 3 is 2.88 bits per heavy atom. The molecular formula is C20H29NaO5. The summed E-state index contributed by atoms with van der Waals surface area (Å²) in [5.74, 6) is 0.0781. The van der Waals surface area contributed by atoms with Gasteiger partial charge >= 0.3 is 29.6 Å². The zero-order valence-electron chi connectivity index (χ0n) is 15.8. The van der Waals surface area contributed by atoms with E-state index in [-0.39, 0.29) is 53.9 Å². The molecule has 1 aliphatic carbocycles. The summed E-state index contributed by atoms with van der Waals surface area (Å²) >= 11 is 0. The van der Waals surface area contributed by atoms with E-state index in [1.54, 1.807) is 6.08 Å². The number of aliphatic hydroxyl groups is 2. The molecule has 0 spiro atoms. The standard InChI is InChI=1S/C20H30O5.Na/c1-2-3-4-7-14(21)10-11-16-17-12-15(8-5-6-9-20(23)24)25-19(17)13-18(16)22;/h3-4,8,10-11,14,16-19,21-22H,2,5-7,9,12-13H2,1H3,(H,23,24);/q;+1/p-1/b4-3-,11-10+,15-8+;/t14-,16+,17+,18+,19-;/m0./s1. The van der Waals surface area contributed by atoms with Crippen LogP contribution in [0.15, 0.2) is 36.1 Å². The first-order chi connectivity index (χ1) is 12.0. The number of fused-ring (bicyclic) bond motifs is 1. The molecule has 0 amide bonds. The molecule has 1 saturated carbocycles. The van der Waals surface area contributed by atoms with E-state index in [2.05, 4.69) is 6.92 Å². The number of carboxylic acid groups (broad SMARTS) is 1. The van der Waals surface area contributed by atoms with Crippen molar-refractivity contribution in [1.82, 2.24) is 0 Å². The molecule has 0 aromatic carbocycles. The normalized spacial score (nSPS) is 30.5. The average molecular weight is 372 g/mol. The summed E-state index contributed by atoms with van der Waals surface area (Å²) in [7, 11) is 0. The van der Waals surface area contributed by atoms with Crippen molar-refractivity contribution in [1.29, 1.82) is 0 Å². The number of allylic oxidation sites excluding steroid dienone is 3. The van der Waals surface area contributed by atoms with Gasteiger partial charge in [-0.1, -0.05) is 31.2 Å². The van der Waals surface area contributed by atoms with E-state index in [0.717, 1.165) is 18.6 Å². The fourth-order valence-corrected chi connectivity index (χ4v) is 3.63. The van der Waals surface area contributed by atoms with Gasteiger partial charge in [-0.3, -0.25) is 0 Å². The molecule has 1 aliphatic heterocycles. The van der Waals surface area contributed by atoms with Crippen LogP contribution in [0, 0.1) is 11.8 Å². The zero-order chi connectivity index (χ0) is 18.2. The van der Waals surface area contributed by atoms with Crippen LogP contribution in [0.4, 0.5) is 0 Å². The Kier molecular flexibility index (Phi) is 10.8. The molecular weight excluding hydrogens is 343 g/mol. The molecule has 0 aromatic heterocycles. The number of rotatable bonds is 9. The monoisotopic (exact) mass is 372 g/mol. The third-order valence-electron chi connectivity index (χ3n) is 4.92. The molecule has 1 saturated heterocycles. The molecule has 5 atom stereocenters. The Hall–Kier alpha value is -0.590. The Bertz CT molecular complexity index is 528. The molecule has 0 bridgehead atoms. The molecule has 1 heterocycles. The van der Waals surface area contributed by atoms with E-state index in [4.69, 9.17) is 4.74 Å². The second-order valence-corrected chi connectivity index (χ2v) is 6.91. The number of ether oxygens (including phenoxy) is 1. The maximum atomic E-state index is 10.4. The second kappa shape index (κ2) is 12.0. The van der Waals surface area contributed by atoms with Crippen LogP contribution < -0.4 is 34.7 Å². The number of unbranched alkanes of at least 4 members (excludes halogenated alkanes) is 1. The molecule has 0 aromatic rings. The van der Waals surface area contributed by atoms with Gasteiger partial charge in [0.15, 0.2) is 0 Å². The summed E-state index contributed by atoms with van der Waals surface area (Å²) < 4.78 is 5.91. The largest absolute Gasteiger partial charge is 1.00 e. The van der Waals surface area contributed by atoms with E-state index in [1.165, 1.54) is 0 Å². The Morgan fingerprint density at radius 1 is 1.42 bits per heavy atom. The smallest absolute Gasteiger partial charge is 0.550 e. The van der Waals surface area contributed by atoms with Gasteiger partial charge in [-0.05, 0) is 38.2 Å². The van der Waals surface area contributed by atoms with E-state index < -0.39 is 18.2 Å². The molecule has 26 heavy (non-hydrogen) atoms. The van der Waals surface area contributed by atoms with Gasteiger partial charge in [0.2, 0.25) is 0 Å². The number of hydrogen-bond donors (Lipinski definition) is 2. The van der Waals surface area contributed by atoms with Crippen molar-refractivity contribution in [2.75, 3.05) is 0 Å². The first kappa shape index (κ1) is 23.4. The van der Waals surface area contributed by atoms with Crippen LogP contribution in [0.3, 0.4) is 0 Å². The summed E-state index contributed by atoms with van der Waals surface area (Å²) in [6, 6.07) is 0. The maximum absolute atomic E-state index is 10.4. The zero-order valence-corrected chi connectivity index (χ0v) is 17.8. The van der Waals surface area contributed by atoms with Crippen LogP contribution in [-0.2, 0) is 9.53 Å². The van der Waals surface area contributed by atoms with Crippen molar-refractivity contribution in [2.24, 2.45) is 11.8 Å². The Morgan fingerprint density at radius 2 is 2.19 bits per heavy atom. The number of carboxylic acids is 1. The topological polar surface area (TPSA) is 89.8 Å². The van der Waals surface area contributed by atoms with Gasteiger partial charge in [-0.25, -0.2) is 0 Å². The molecule has 2 aliphatic rings. The van der Waals surface area contributed by atoms with E-state index in [0.29, 0.717) is 25.7 Å². The molecule has 0 radical (unpaired) electrons. The minimum Gasteiger partial charge on any atom is -0.550 e. The van der Waals surface area contributed by atoms with Gasteiger partial charge in [0.05, 0.1) is 18.0 Å². The number of aliphatic carboxylic acids is 1. The third-order valence-corrected chi connectivity index (χ3v) is 4.92. The Labute approximate surface area is 178 Å². The van der Waals surface area contributed by atoms with E-state index >= 15 is 0 Å². The van der Waals surface area contributed by atoms with E-state index in [9.17, 15) is 20.1 Å². The van der Waals surface area contributed by atoms with Gasteiger partial charge in [-0.2, -0.15) is 0 Å². The molecule has 0 unspecified atom stereocenters. The fraction of sp³-hybridized carbons (Fsp3) is 0.650. The predicted molar refractivity (Wildman–Crippen MR) is 93.2 cm³/mol. The van der Waals surface area contributed by atoms with Crippen LogP contribution in [0.2, 0.25) is 0 Å². The number of aliphatic hydroxyl groups excluding tert-OH is 2. The van der Waals surface area contributed by atoms with Crippen molar-refractivity contribution in [3.05, 3.63) is 36.1 Å². The third kappa shape index (κ3) is 7.20. The van der Waals surface area contributed by atoms with E-state index in [1.807, 2.05) is 24.3 Å². The van der Waals surface area contributed by atoms with Gasteiger partial charge in [0.1, 0.15) is 6.10 Å². The first-order valence-corrected chi connectivity index (χ1v) is 9.26. The first-order valence-electron chi connectivity index (χ1n) is 9.26. The van der Waals surface area contributed by atoms with Crippen LogP contribution >= 0.6 is 0 Å². The van der Waals surface area contributed by atoms with Gasteiger partial charge in [-0.15, -0.1) is 0 Å². The van der Waals surface area contributed by atoms with Crippen molar-refractivity contribution in [3.8, 4) is 0 Å². The summed E-state index contributed by atoms with van der Waals surface area (Å²) in [5.41, 5.74) is 0. The molecule has 2 fully saturated rings.